The van der Waals surface area contributed by atoms with Crippen LogP contribution in [0.25, 0.3) is 0 Å². The minimum Gasteiger partial charge on any atom is -0.330 e. The van der Waals surface area contributed by atoms with Crippen LogP contribution >= 0.6 is 0 Å². The second kappa shape index (κ2) is 2.75. The van der Waals surface area contributed by atoms with E-state index in [1.807, 2.05) is 0 Å². The number of hydrogen-bond donors (Lipinski definition) is 1. The van der Waals surface area contributed by atoms with Gasteiger partial charge in [0.05, 0.1) is 0 Å². The molecule has 0 amide bonds. The van der Waals surface area contributed by atoms with Crippen molar-refractivity contribution in [2.75, 3.05) is 6.54 Å². The summed E-state index contributed by atoms with van der Waals surface area (Å²) in [5, 5.41) is 0. The lowest BCUT2D eigenvalue weighted by molar-refractivity contribution is -0.112. The summed E-state index contributed by atoms with van der Waals surface area (Å²) in [6.07, 6.45) is 5.99. The van der Waals surface area contributed by atoms with Gasteiger partial charge >= 0.3 is 0 Å². The fourth-order valence-electron chi connectivity index (χ4n) is 4.45. The molecule has 0 aromatic heterocycles. The predicted octanol–water partition coefficient (Wildman–Crippen LogP) is 2.65. The van der Waals surface area contributed by atoms with E-state index in [0.29, 0.717) is 5.41 Å². The lowest BCUT2D eigenvalue weighted by Gasteiger charge is -2.60. The van der Waals surface area contributed by atoms with Crippen molar-refractivity contribution >= 4 is 0 Å². The molecule has 0 aromatic rings. The van der Waals surface area contributed by atoms with Crippen molar-refractivity contribution in [1.82, 2.24) is 0 Å². The first-order valence-electron chi connectivity index (χ1n) is 6.34. The largest absolute Gasteiger partial charge is 0.330 e. The smallest absolute Gasteiger partial charge is 0.00460 e. The molecule has 1 nitrogen and oxygen atoms in total. The van der Waals surface area contributed by atoms with Crippen LogP contribution in [0, 0.1) is 35.0 Å². The molecular weight excluding hydrogens is 170 g/mol. The lowest BCUT2D eigenvalue weighted by atomic mass is 9.45. The van der Waals surface area contributed by atoms with Gasteiger partial charge in [0, 0.05) is 0 Å². The van der Waals surface area contributed by atoms with Gasteiger partial charge in [-0.2, -0.15) is 0 Å². The average molecular weight is 193 g/mol. The topological polar surface area (TPSA) is 26.0 Å². The first kappa shape index (κ1) is 9.21. The van der Waals surface area contributed by atoms with E-state index in [2.05, 4.69) is 13.8 Å². The predicted molar refractivity (Wildman–Crippen MR) is 58.8 cm³/mol. The van der Waals surface area contributed by atoms with Crippen LogP contribution in [-0.2, 0) is 0 Å². The zero-order valence-electron chi connectivity index (χ0n) is 9.50. The molecule has 0 spiro atoms. The van der Waals surface area contributed by atoms with E-state index >= 15 is 0 Å². The van der Waals surface area contributed by atoms with Gasteiger partial charge in [-0.1, -0.05) is 13.8 Å². The summed E-state index contributed by atoms with van der Waals surface area (Å²) >= 11 is 0. The molecule has 2 N–H and O–H groups in total. The van der Waals surface area contributed by atoms with Gasteiger partial charge in [0.1, 0.15) is 0 Å². The van der Waals surface area contributed by atoms with Crippen LogP contribution in [-0.4, -0.2) is 6.54 Å². The van der Waals surface area contributed by atoms with Crippen molar-refractivity contribution in [3.63, 3.8) is 0 Å². The van der Waals surface area contributed by atoms with Crippen LogP contribution in [0.4, 0.5) is 0 Å². The molecule has 4 rings (SSSR count). The third kappa shape index (κ3) is 1.05. The maximum atomic E-state index is 5.76. The minimum absolute atomic E-state index is 0.671. The molecule has 14 heavy (non-hydrogen) atoms. The van der Waals surface area contributed by atoms with Gasteiger partial charge in [0.2, 0.25) is 0 Å². The van der Waals surface area contributed by atoms with E-state index in [1.165, 1.54) is 25.7 Å². The van der Waals surface area contributed by atoms with Crippen LogP contribution in [0.5, 0.6) is 0 Å². The maximum absolute atomic E-state index is 5.76. The summed E-state index contributed by atoms with van der Waals surface area (Å²) in [7, 11) is 0. The summed E-state index contributed by atoms with van der Waals surface area (Å²) in [5.74, 6) is 5.06. The second-order valence-electron chi connectivity index (χ2n) is 6.50. The Kier molecular flexibility index (Phi) is 1.81. The quantitative estimate of drug-likeness (QED) is 0.717. The Labute approximate surface area is 87.4 Å². The van der Waals surface area contributed by atoms with Crippen LogP contribution in [0.1, 0.15) is 39.5 Å². The monoisotopic (exact) mass is 193 g/mol. The van der Waals surface area contributed by atoms with E-state index in [9.17, 15) is 0 Å². The van der Waals surface area contributed by atoms with Gasteiger partial charge in [-0.3, -0.25) is 0 Å². The third-order valence-corrected chi connectivity index (χ3v) is 5.74. The van der Waals surface area contributed by atoms with Gasteiger partial charge in [-0.15, -0.1) is 0 Å². The summed E-state index contributed by atoms with van der Waals surface area (Å²) in [5.41, 5.74) is 6.43. The zero-order valence-corrected chi connectivity index (χ0v) is 9.50. The van der Waals surface area contributed by atoms with E-state index in [-0.39, 0.29) is 0 Å². The standard InChI is InChI=1S/C13H23N/c1-13(2)9-3-4-10(12(13)6-9)11-5-8(11)7-14/h8-12H,3-7,14H2,1-2H3. The zero-order chi connectivity index (χ0) is 9.92. The summed E-state index contributed by atoms with van der Waals surface area (Å²) < 4.78 is 0. The summed E-state index contributed by atoms with van der Waals surface area (Å²) in [6, 6.07) is 0. The Bertz CT molecular complexity index is 244. The van der Waals surface area contributed by atoms with Crippen molar-refractivity contribution in [2.45, 2.75) is 39.5 Å². The number of nitrogens with two attached hydrogens (primary N) is 1. The van der Waals surface area contributed by atoms with Crippen molar-refractivity contribution < 1.29 is 0 Å². The normalized spacial score (nSPS) is 53.8. The van der Waals surface area contributed by atoms with E-state index in [1.54, 1.807) is 0 Å². The lowest BCUT2D eigenvalue weighted by Crippen LogP contribution is -2.53. The molecule has 4 aliphatic rings. The van der Waals surface area contributed by atoms with Crippen molar-refractivity contribution in [3.05, 3.63) is 0 Å². The van der Waals surface area contributed by atoms with E-state index < -0.39 is 0 Å². The Morgan fingerprint density at radius 3 is 2.43 bits per heavy atom. The molecule has 2 bridgehead atoms. The fourth-order valence-corrected chi connectivity index (χ4v) is 4.45. The molecule has 0 heterocycles. The van der Waals surface area contributed by atoms with Crippen molar-refractivity contribution in [2.24, 2.45) is 40.7 Å². The molecule has 80 valence electrons. The highest BCUT2D eigenvalue weighted by molar-refractivity contribution is 5.08. The van der Waals surface area contributed by atoms with E-state index in [0.717, 1.165) is 36.1 Å². The van der Waals surface area contributed by atoms with Gasteiger partial charge in [0.25, 0.3) is 0 Å². The highest BCUT2D eigenvalue weighted by atomic mass is 14.7. The van der Waals surface area contributed by atoms with Gasteiger partial charge in [-0.05, 0) is 67.2 Å². The number of fused-ring (bicyclic) bond motifs is 2. The van der Waals surface area contributed by atoms with Crippen LogP contribution < -0.4 is 5.73 Å². The fraction of sp³-hybridized carbons (Fsp3) is 1.00. The molecule has 4 fully saturated rings. The average Bonchev–Trinajstić information content (AvgIpc) is 2.96. The molecular formula is C13H23N. The SMILES string of the molecule is CC1(C)C2CCC(C3CC3CN)C1C2. The Morgan fingerprint density at radius 2 is 1.93 bits per heavy atom. The number of hydrogen-bond acceptors (Lipinski definition) is 1. The first-order chi connectivity index (χ1) is 6.64. The highest BCUT2D eigenvalue weighted by Gasteiger charge is 2.58. The molecule has 0 aliphatic heterocycles. The summed E-state index contributed by atoms with van der Waals surface area (Å²) in [4.78, 5) is 0. The molecule has 4 saturated carbocycles. The van der Waals surface area contributed by atoms with Crippen molar-refractivity contribution in [3.8, 4) is 0 Å². The van der Waals surface area contributed by atoms with E-state index in [4.69, 9.17) is 5.73 Å². The van der Waals surface area contributed by atoms with Gasteiger partial charge in [0.15, 0.2) is 0 Å². The molecule has 5 atom stereocenters. The highest BCUT2D eigenvalue weighted by Crippen LogP contribution is 2.66. The molecule has 0 saturated heterocycles. The van der Waals surface area contributed by atoms with Gasteiger partial charge < -0.3 is 5.73 Å². The molecule has 5 unspecified atom stereocenters. The Hall–Kier alpha value is -0.0400. The van der Waals surface area contributed by atoms with Gasteiger partial charge in [-0.25, -0.2) is 0 Å². The van der Waals surface area contributed by atoms with Crippen LogP contribution in [0.3, 0.4) is 0 Å². The summed E-state index contributed by atoms with van der Waals surface area (Å²) in [6.45, 7) is 5.94. The molecule has 4 aliphatic carbocycles. The maximum Gasteiger partial charge on any atom is -0.00460 e. The second-order valence-corrected chi connectivity index (χ2v) is 6.50. The molecule has 1 heteroatoms. The third-order valence-electron chi connectivity index (χ3n) is 5.74. The number of rotatable bonds is 2. The van der Waals surface area contributed by atoms with Crippen molar-refractivity contribution in [1.29, 1.82) is 0 Å². The first-order valence-corrected chi connectivity index (χ1v) is 6.34. The Balaban J connectivity index is 1.71. The van der Waals surface area contributed by atoms with Crippen LogP contribution in [0.2, 0.25) is 0 Å². The Morgan fingerprint density at radius 1 is 1.14 bits per heavy atom. The molecule has 0 radical (unpaired) electrons. The molecule has 0 aromatic carbocycles. The van der Waals surface area contributed by atoms with Crippen LogP contribution in [0.15, 0.2) is 0 Å². The minimum atomic E-state index is 0.671.